The molecule has 0 spiro atoms. The molecule has 0 radical (unpaired) electrons. The summed E-state index contributed by atoms with van der Waals surface area (Å²) in [6.07, 6.45) is 3.67. The second-order valence-corrected chi connectivity index (χ2v) is 5.80. The predicted octanol–water partition coefficient (Wildman–Crippen LogP) is -0.109. The SMILES string of the molecule is COCC1(C(=O)NCC2(CO)CC2)CCNCC1. The van der Waals surface area contributed by atoms with Crippen molar-refractivity contribution in [1.82, 2.24) is 10.6 Å². The minimum atomic E-state index is -0.383. The fourth-order valence-electron chi connectivity index (χ4n) is 2.64. The molecule has 2 rings (SSSR count). The maximum atomic E-state index is 12.4. The van der Waals surface area contributed by atoms with Crippen LogP contribution in [0.3, 0.4) is 0 Å². The van der Waals surface area contributed by atoms with E-state index in [4.69, 9.17) is 4.74 Å². The second-order valence-electron chi connectivity index (χ2n) is 5.80. The molecule has 1 amide bonds. The van der Waals surface area contributed by atoms with Crippen LogP contribution in [0.1, 0.15) is 25.7 Å². The highest BCUT2D eigenvalue weighted by Crippen LogP contribution is 2.44. The Kier molecular flexibility index (Phi) is 4.25. The van der Waals surface area contributed by atoms with Crippen LogP contribution in [0.5, 0.6) is 0 Å². The van der Waals surface area contributed by atoms with Crippen molar-refractivity contribution >= 4 is 5.91 Å². The number of aliphatic hydroxyl groups excluding tert-OH is 1. The molecular weight excluding hydrogens is 232 g/mol. The van der Waals surface area contributed by atoms with Crippen LogP contribution in [0.25, 0.3) is 0 Å². The van der Waals surface area contributed by atoms with Crippen molar-refractivity contribution in [1.29, 1.82) is 0 Å². The average Bonchev–Trinajstić information content (AvgIpc) is 3.18. The fraction of sp³-hybridized carbons (Fsp3) is 0.923. The van der Waals surface area contributed by atoms with Crippen molar-refractivity contribution in [2.75, 3.05) is 40.0 Å². The van der Waals surface area contributed by atoms with Crippen molar-refractivity contribution in [3.05, 3.63) is 0 Å². The molecule has 5 nitrogen and oxygen atoms in total. The molecule has 0 aromatic rings. The Morgan fingerprint density at radius 2 is 2.00 bits per heavy atom. The van der Waals surface area contributed by atoms with Crippen LogP contribution in [0.2, 0.25) is 0 Å². The van der Waals surface area contributed by atoms with E-state index in [-0.39, 0.29) is 23.3 Å². The number of carbonyl (C=O) groups excluding carboxylic acids is 1. The van der Waals surface area contributed by atoms with Gasteiger partial charge in [0.15, 0.2) is 0 Å². The highest BCUT2D eigenvalue weighted by molar-refractivity contribution is 5.83. The summed E-state index contributed by atoms with van der Waals surface area (Å²) in [5.41, 5.74) is -0.414. The van der Waals surface area contributed by atoms with Crippen molar-refractivity contribution < 1.29 is 14.6 Å². The third kappa shape index (κ3) is 2.84. The van der Waals surface area contributed by atoms with Crippen LogP contribution in [0.15, 0.2) is 0 Å². The first-order valence-corrected chi connectivity index (χ1v) is 6.75. The van der Waals surface area contributed by atoms with Gasteiger partial charge in [0.25, 0.3) is 0 Å². The highest BCUT2D eigenvalue weighted by atomic mass is 16.5. The van der Waals surface area contributed by atoms with Gasteiger partial charge in [0.2, 0.25) is 5.91 Å². The summed E-state index contributed by atoms with van der Waals surface area (Å²) in [6.45, 7) is 2.98. The zero-order chi connectivity index (χ0) is 13.1. The van der Waals surface area contributed by atoms with Gasteiger partial charge in [-0.1, -0.05) is 0 Å². The zero-order valence-corrected chi connectivity index (χ0v) is 11.1. The molecule has 3 N–H and O–H groups in total. The number of ether oxygens (including phenoxy) is 1. The van der Waals surface area contributed by atoms with Crippen LogP contribution >= 0.6 is 0 Å². The molecule has 2 aliphatic rings. The third-order valence-corrected chi connectivity index (χ3v) is 4.38. The first-order valence-electron chi connectivity index (χ1n) is 6.75. The lowest BCUT2D eigenvalue weighted by Gasteiger charge is -2.35. The highest BCUT2D eigenvalue weighted by Gasteiger charge is 2.45. The monoisotopic (exact) mass is 256 g/mol. The van der Waals surface area contributed by atoms with E-state index in [2.05, 4.69) is 10.6 Å². The summed E-state index contributed by atoms with van der Waals surface area (Å²) in [7, 11) is 1.65. The zero-order valence-electron chi connectivity index (χ0n) is 11.1. The van der Waals surface area contributed by atoms with Gasteiger partial charge in [-0.3, -0.25) is 4.79 Å². The Hall–Kier alpha value is -0.650. The Morgan fingerprint density at radius 3 is 2.50 bits per heavy atom. The number of hydrogen-bond acceptors (Lipinski definition) is 4. The summed E-state index contributed by atoms with van der Waals surface area (Å²) >= 11 is 0. The largest absolute Gasteiger partial charge is 0.396 e. The Bertz CT molecular complexity index is 291. The first kappa shape index (κ1) is 13.8. The molecule has 0 atom stereocenters. The van der Waals surface area contributed by atoms with E-state index in [9.17, 15) is 9.90 Å². The van der Waals surface area contributed by atoms with E-state index in [1.165, 1.54) is 0 Å². The molecule has 1 saturated heterocycles. The summed E-state index contributed by atoms with van der Waals surface area (Å²) in [5, 5.41) is 15.6. The number of carbonyl (C=O) groups is 1. The summed E-state index contributed by atoms with van der Waals surface area (Å²) in [6, 6.07) is 0. The van der Waals surface area contributed by atoms with Gasteiger partial charge in [0.1, 0.15) is 0 Å². The van der Waals surface area contributed by atoms with E-state index in [1.54, 1.807) is 7.11 Å². The molecule has 2 fully saturated rings. The minimum Gasteiger partial charge on any atom is -0.396 e. The van der Waals surface area contributed by atoms with E-state index in [1.807, 2.05) is 0 Å². The molecular formula is C13H24N2O3. The van der Waals surface area contributed by atoms with Gasteiger partial charge < -0.3 is 20.5 Å². The molecule has 1 heterocycles. The van der Waals surface area contributed by atoms with Gasteiger partial charge in [-0.25, -0.2) is 0 Å². The number of amides is 1. The lowest BCUT2D eigenvalue weighted by Crippen LogP contribution is -2.51. The number of nitrogens with one attached hydrogen (secondary N) is 2. The third-order valence-electron chi connectivity index (χ3n) is 4.38. The summed E-state index contributed by atoms with van der Waals surface area (Å²) < 4.78 is 5.24. The van der Waals surface area contributed by atoms with Gasteiger partial charge in [-0.15, -0.1) is 0 Å². The van der Waals surface area contributed by atoms with Crippen LogP contribution < -0.4 is 10.6 Å². The van der Waals surface area contributed by atoms with E-state index >= 15 is 0 Å². The summed E-state index contributed by atoms with van der Waals surface area (Å²) in [4.78, 5) is 12.4. The molecule has 0 aromatic heterocycles. The normalized spacial score (nSPS) is 24.6. The van der Waals surface area contributed by atoms with Crippen molar-refractivity contribution in [2.24, 2.45) is 10.8 Å². The molecule has 0 unspecified atom stereocenters. The van der Waals surface area contributed by atoms with Crippen LogP contribution in [0.4, 0.5) is 0 Å². The lowest BCUT2D eigenvalue weighted by atomic mass is 9.78. The smallest absolute Gasteiger partial charge is 0.228 e. The van der Waals surface area contributed by atoms with Gasteiger partial charge in [0, 0.05) is 19.1 Å². The van der Waals surface area contributed by atoms with Crippen LogP contribution in [-0.2, 0) is 9.53 Å². The standard InChI is InChI=1S/C13H24N2O3/c1-18-10-13(4-6-14-7-5-13)11(17)15-8-12(9-16)2-3-12/h14,16H,2-10H2,1H3,(H,15,17). The quantitative estimate of drug-likeness (QED) is 0.620. The van der Waals surface area contributed by atoms with Gasteiger partial charge in [0.05, 0.1) is 18.6 Å². The first-order chi connectivity index (χ1) is 8.66. The predicted molar refractivity (Wildman–Crippen MR) is 68.2 cm³/mol. The molecule has 0 aromatic carbocycles. The molecule has 104 valence electrons. The molecule has 1 aliphatic carbocycles. The number of aliphatic hydroxyl groups is 1. The van der Waals surface area contributed by atoms with Crippen molar-refractivity contribution in [3.63, 3.8) is 0 Å². The number of methoxy groups -OCH3 is 1. The Balaban J connectivity index is 1.91. The Morgan fingerprint density at radius 1 is 1.33 bits per heavy atom. The Labute approximate surface area is 108 Å². The molecule has 0 bridgehead atoms. The fourth-order valence-corrected chi connectivity index (χ4v) is 2.64. The maximum absolute atomic E-state index is 12.4. The average molecular weight is 256 g/mol. The van der Waals surface area contributed by atoms with Crippen molar-refractivity contribution in [2.45, 2.75) is 25.7 Å². The van der Waals surface area contributed by atoms with E-state index in [0.717, 1.165) is 38.8 Å². The molecule has 18 heavy (non-hydrogen) atoms. The number of rotatable bonds is 6. The molecule has 1 saturated carbocycles. The van der Waals surface area contributed by atoms with E-state index < -0.39 is 0 Å². The van der Waals surface area contributed by atoms with Crippen LogP contribution in [-0.4, -0.2) is 51.0 Å². The maximum Gasteiger partial charge on any atom is 0.228 e. The van der Waals surface area contributed by atoms with Crippen molar-refractivity contribution in [3.8, 4) is 0 Å². The number of piperidine rings is 1. The van der Waals surface area contributed by atoms with Gasteiger partial charge in [-0.2, -0.15) is 0 Å². The number of hydrogen-bond donors (Lipinski definition) is 3. The molecule has 5 heteroatoms. The van der Waals surface area contributed by atoms with Gasteiger partial charge >= 0.3 is 0 Å². The second kappa shape index (κ2) is 5.55. The van der Waals surface area contributed by atoms with Crippen LogP contribution in [0, 0.1) is 10.8 Å². The minimum absolute atomic E-state index is 0.0309. The topological polar surface area (TPSA) is 70.6 Å². The lowest BCUT2D eigenvalue weighted by molar-refractivity contribution is -0.136. The van der Waals surface area contributed by atoms with Gasteiger partial charge in [-0.05, 0) is 38.8 Å². The molecule has 1 aliphatic heterocycles. The summed E-state index contributed by atoms with van der Waals surface area (Å²) in [5.74, 6) is 0.0885. The van der Waals surface area contributed by atoms with E-state index in [0.29, 0.717) is 13.2 Å².